The number of alkyl halides is 3. The highest BCUT2D eigenvalue weighted by Gasteiger charge is 2.34. The van der Waals surface area contributed by atoms with Crippen LogP contribution < -0.4 is 10.9 Å². The number of anilines is 1. The van der Waals surface area contributed by atoms with E-state index in [4.69, 9.17) is 27.6 Å². The number of nitrogens with one attached hydrogen (secondary N) is 1. The summed E-state index contributed by atoms with van der Waals surface area (Å²) in [6, 6.07) is 16.5. The lowest BCUT2D eigenvalue weighted by molar-refractivity contribution is -0.137. The van der Waals surface area contributed by atoms with Gasteiger partial charge in [0.25, 0.3) is 0 Å². The highest BCUT2D eigenvalue weighted by Crippen LogP contribution is 2.37. The van der Waals surface area contributed by atoms with Gasteiger partial charge in [-0.25, -0.2) is 4.79 Å². The van der Waals surface area contributed by atoms with Crippen LogP contribution in [-0.4, -0.2) is 5.91 Å². The molecule has 1 heterocycles. The molecule has 0 saturated heterocycles. The largest absolute Gasteiger partial charge is 0.422 e. The molecule has 4 rings (SSSR count). The Morgan fingerprint density at radius 2 is 1.61 bits per heavy atom. The predicted octanol–water partition coefficient (Wildman–Crippen LogP) is 6.97. The molecular formula is C24H14Cl2F3NO3. The van der Waals surface area contributed by atoms with Gasteiger partial charge in [0, 0.05) is 21.0 Å². The number of carbonyl (C=O) groups is 1. The van der Waals surface area contributed by atoms with E-state index in [1.807, 2.05) is 0 Å². The van der Waals surface area contributed by atoms with E-state index in [2.05, 4.69) is 5.32 Å². The summed E-state index contributed by atoms with van der Waals surface area (Å²) < 4.78 is 45.5. The van der Waals surface area contributed by atoms with E-state index in [9.17, 15) is 22.8 Å². The monoisotopic (exact) mass is 491 g/mol. The van der Waals surface area contributed by atoms with Crippen molar-refractivity contribution in [1.29, 1.82) is 0 Å². The van der Waals surface area contributed by atoms with Crippen LogP contribution in [-0.2, 0) is 17.4 Å². The minimum atomic E-state index is -4.73. The fraction of sp³-hybridized carbons (Fsp3) is 0.0833. The molecule has 0 saturated carbocycles. The molecule has 0 spiro atoms. The van der Waals surface area contributed by atoms with Gasteiger partial charge in [-0.1, -0.05) is 53.5 Å². The maximum absolute atomic E-state index is 13.4. The van der Waals surface area contributed by atoms with E-state index in [-0.39, 0.29) is 16.2 Å². The molecule has 0 aliphatic carbocycles. The van der Waals surface area contributed by atoms with E-state index in [1.54, 1.807) is 48.5 Å². The van der Waals surface area contributed by atoms with Crippen LogP contribution >= 0.6 is 23.2 Å². The Kier molecular flexibility index (Phi) is 6.19. The number of rotatable bonds is 4. The molecule has 1 aromatic heterocycles. The lowest BCUT2D eigenvalue weighted by Crippen LogP contribution is -2.22. The molecule has 0 aliphatic rings. The second-order valence-electron chi connectivity index (χ2n) is 7.16. The van der Waals surface area contributed by atoms with Gasteiger partial charge in [0.15, 0.2) is 0 Å². The second kappa shape index (κ2) is 8.92. The quantitative estimate of drug-likeness (QED) is 0.313. The van der Waals surface area contributed by atoms with Crippen LogP contribution in [0.25, 0.3) is 22.1 Å². The molecule has 0 fully saturated rings. The summed E-state index contributed by atoms with van der Waals surface area (Å²) in [6.07, 6.45) is -5.25. The zero-order valence-electron chi connectivity index (χ0n) is 16.7. The van der Waals surface area contributed by atoms with E-state index >= 15 is 0 Å². The van der Waals surface area contributed by atoms with Gasteiger partial charge in [0.2, 0.25) is 5.91 Å². The molecular weight excluding hydrogens is 478 g/mol. The lowest BCUT2D eigenvalue weighted by Gasteiger charge is -2.15. The topological polar surface area (TPSA) is 59.3 Å². The van der Waals surface area contributed by atoms with Crippen LogP contribution in [0.2, 0.25) is 10.0 Å². The molecule has 9 heteroatoms. The van der Waals surface area contributed by atoms with Crippen molar-refractivity contribution < 1.29 is 22.4 Å². The summed E-state index contributed by atoms with van der Waals surface area (Å²) in [7, 11) is 0. The molecule has 4 aromatic rings. The number of hydrogen-bond acceptors (Lipinski definition) is 3. The van der Waals surface area contributed by atoms with Crippen LogP contribution in [0.5, 0.6) is 0 Å². The van der Waals surface area contributed by atoms with Gasteiger partial charge in [-0.2, -0.15) is 13.2 Å². The van der Waals surface area contributed by atoms with Crippen molar-refractivity contribution >= 4 is 45.8 Å². The Morgan fingerprint density at radius 1 is 0.939 bits per heavy atom. The molecule has 168 valence electrons. The van der Waals surface area contributed by atoms with Crippen molar-refractivity contribution in [2.75, 3.05) is 5.32 Å². The van der Waals surface area contributed by atoms with Crippen LogP contribution in [0.1, 0.15) is 11.1 Å². The average Bonchev–Trinajstić information content (AvgIpc) is 2.76. The number of fused-ring (bicyclic) bond motifs is 1. The zero-order chi connectivity index (χ0) is 23.8. The molecule has 0 atom stereocenters. The van der Waals surface area contributed by atoms with E-state index in [0.29, 0.717) is 21.5 Å². The zero-order valence-corrected chi connectivity index (χ0v) is 18.2. The Hall–Kier alpha value is -3.29. The number of hydrogen-bond donors (Lipinski definition) is 1. The molecule has 0 bridgehead atoms. The van der Waals surface area contributed by atoms with Crippen LogP contribution in [0.4, 0.5) is 18.9 Å². The third-order valence-corrected chi connectivity index (χ3v) is 5.39. The Bertz CT molecular complexity index is 1420. The van der Waals surface area contributed by atoms with E-state index in [0.717, 1.165) is 12.1 Å². The fourth-order valence-corrected chi connectivity index (χ4v) is 3.87. The first-order valence-corrected chi connectivity index (χ1v) is 10.4. The Balaban J connectivity index is 1.80. The van der Waals surface area contributed by atoms with Gasteiger partial charge in [0.1, 0.15) is 5.58 Å². The summed E-state index contributed by atoms with van der Waals surface area (Å²) in [4.78, 5) is 25.6. The van der Waals surface area contributed by atoms with E-state index in [1.165, 1.54) is 6.07 Å². The SMILES string of the molecule is O=C(Cc1c(-c2ccccc2)c2cc(Cl)ccc2oc1=O)Nc1ccc(Cl)cc1C(F)(F)F. The van der Waals surface area contributed by atoms with Crippen LogP contribution in [0, 0.1) is 0 Å². The molecule has 4 nitrogen and oxygen atoms in total. The number of carbonyl (C=O) groups excluding carboxylic acids is 1. The van der Waals surface area contributed by atoms with Gasteiger partial charge < -0.3 is 9.73 Å². The Morgan fingerprint density at radius 3 is 2.30 bits per heavy atom. The normalized spacial score (nSPS) is 11.5. The lowest BCUT2D eigenvalue weighted by atomic mass is 9.95. The predicted molar refractivity (Wildman–Crippen MR) is 122 cm³/mol. The van der Waals surface area contributed by atoms with Crippen molar-refractivity contribution in [1.82, 2.24) is 0 Å². The first-order valence-electron chi connectivity index (χ1n) is 9.61. The second-order valence-corrected chi connectivity index (χ2v) is 8.04. The standard InChI is InChI=1S/C24H14Cl2F3NO3/c25-14-7-9-20-16(10-14)22(13-4-2-1-3-5-13)17(23(32)33-20)12-21(31)30-19-8-6-15(26)11-18(19)24(27,28)29/h1-11H,12H2,(H,30,31). The highest BCUT2D eigenvalue weighted by atomic mass is 35.5. The van der Waals surface area contributed by atoms with Crippen molar-refractivity contribution in [2.24, 2.45) is 0 Å². The van der Waals surface area contributed by atoms with Gasteiger partial charge >= 0.3 is 11.8 Å². The van der Waals surface area contributed by atoms with Crippen LogP contribution in [0.3, 0.4) is 0 Å². The number of benzene rings is 3. The van der Waals surface area contributed by atoms with Crippen molar-refractivity contribution in [3.63, 3.8) is 0 Å². The van der Waals surface area contributed by atoms with Crippen molar-refractivity contribution in [3.05, 3.63) is 98.3 Å². The minimum absolute atomic E-state index is 0.00371. The fourth-order valence-electron chi connectivity index (χ4n) is 3.52. The van der Waals surface area contributed by atoms with Crippen LogP contribution in [0.15, 0.2) is 75.9 Å². The summed E-state index contributed by atoms with van der Waals surface area (Å²) in [6.45, 7) is 0. The van der Waals surface area contributed by atoms with E-state index < -0.39 is 35.4 Å². The first-order chi connectivity index (χ1) is 15.6. The Labute approximate surface area is 195 Å². The smallest absolute Gasteiger partial charge is 0.418 e. The molecule has 1 amide bonds. The summed E-state index contributed by atoms with van der Waals surface area (Å²) >= 11 is 11.8. The highest BCUT2D eigenvalue weighted by molar-refractivity contribution is 6.31. The molecule has 33 heavy (non-hydrogen) atoms. The number of amides is 1. The first kappa shape index (κ1) is 22.9. The maximum atomic E-state index is 13.4. The minimum Gasteiger partial charge on any atom is -0.422 e. The van der Waals surface area contributed by atoms with Crippen molar-refractivity contribution in [3.8, 4) is 11.1 Å². The number of halogens is 5. The molecule has 0 aliphatic heterocycles. The third-order valence-electron chi connectivity index (χ3n) is 4.92. The summed E-state index contributed by atoms with van der Waals surface area (Å²) in [5.41, 5.74) is -1.02. The summed E-state index contributed by atoms with van der Waals surface area (Å²) in [5, 5.41) is 3.00. The molecule has 3 aromatic carbocycles. The van der Waals surface area contributed by atoms with Gasteiger partial charge in [-0.15, -0.1) is 0 Å². The van der Waals surface area contributed by atoms with Gasteiger partial charge in [-0.3, -0.25) is 4.79 Å². The van der Waals surface area contributed by atoms with Gasteiger partial charge in [0.05, 0.1) is 23.2 Å². The molecule has 1 N–H and O–H groups in total. The van der Waals surface area contributed by atoms with Gasteiger partial charge in [-0.05, 0) is 42.0 Å². The third kappa shape index (κ3) is 4.89. The molecule has 0 radical (unpaired) electrons. The summed E-state index contributed by atoms with van der Waals surface area (Å²) in [5.74, 6) is -0.825. The molecule has 0 unspecified atom stereocenters. The van der Waals surface area contributed by atoms with Crippen molar-refractivity contribution in [2.45, 2.75) is 12.6 Å². The average molecular weight is 492 g/mol. The maximum Gasteiger partial charge on any atom is 0.418 e.